The second-order valence-electron chi connectivity index (χ2n) is 4.39. The second-order valence-corrected chi connectivity index (χ2v) is 5.65. The zero-order valence-electron chi connectivity index (χ0n) is 10.9. The van der Waals surface area contributed by atoms with E-state index in [4.69, 9.17) is 11.6 Å². The summed E-state index contributed by atoms with van der Waals surface area (Å²) in [6.45, 7) is 1.54. The first kappa shape index (κ1) is 16.7. The molecule has 1 aromatic heterocycles. The molecule has 0 radical (unpaired) electrons. The van der Waals surface area contributed by atoms with E-state index in [1.54, 1.807) is 6.92 Å². The van der Waals surface area contributed by atoms with Gasteiger partial charge in [0, 0.05) is 12.3 Å². The Balaban J connectivity index is 2.87. The zero-order chi connectivity index (χ0) is 15.3. The van der Waals surface area contributed by atoms with Crippen LogP contribution in [0.4, 0.5) is 5.69 Å². The molecule has 1 unspecified atom stereocenters. The number of nitrogens with one attached hydrogen (secondary N) is 1. The normalized spacial score (nSPS) is 13.6. The molecule has 0 aliphatic rings. The molecular formula is C11H14ClN3O4S. The first-order valence-electron chi connectivity index (χ1n) is 5.56. The van der Waals surface area contributed by atoms with Crippen molar-refractivity contribution >= 4 is 35.0 Å². The van der Waals surface area contributed by atoms with Crippen LogP contribution >= 0.6 is 23.4 Å². The predicted octanol–water partition coefficient (Wildman–Crippen LogP) is 1.49. The summed E-state index contributed by atoms with van der Waals surface area (Å²) in [5.74, 6) is -0.255. The highest BCUT2D eigenvalue weighted by molar-refractivity contribution is 7.98. The number of amides is 1. The second kappa shape index (κ2) is 6.87. The van der Waals surface area contributed by atoms with Crippen LogP contribution in [0.25, 0.3) is 0 Å². The molecule has 1 heterocycles. The number of hydrogen-bond donors (Lipinski definition) is 2. The number of hydrogen-bond acceptors (Lipinski definition) is 6. The van der Waals surface area contributed by atoms with Crippen LogP contribution in [-0.4, -0.2) is 45.1 Å². The molecule has 0 fully saturated rings. The molecule has 0 aliphatic heterocycles. The third-order valence-corrected chi connectivity index (χ3v) is 3.49. The quantitative estimate of drug-likeness (QED) is 0.467. The van der Waals surface area contributed by atoms with Crippen molar-refractivity contribution in [3.05, 3.63) is 33.1 Å². The van der Waals surface area contributed by atoms with Crippen LogP contribution in [0.15, 0.2) is 12.3 Å². The van der Waals surface area contributed by atoms with Crippen molar-refractivity contribution in [3.8, 4) is 0 Å². The third-order valence-electron chi connectivity index (χ3n) is 2.38. The lowest BCUT2D eigenvalue weighted by Gasteiger charge is -2.22. The lowest BCUT2D eigenvalue weighted by Crippen LogP contribution is -2.42. The molecule has 0 saturated carbocycles. The van der Waals surface area contributed by atoms with E-state index in [9.17, 15) is 20.0 Å². The Morgan fingerprint density at radius 3 is 2.90 bits per heavy atom. The van der Waals surface area contributed by atoms with Crippen LogP contribution in [0.5, 0.6) is 0 Å². The number of nitro groups is 1. The van der Waals surface area contributed by atoms with Crippen molar-refractivity contribution in [2.24, 2.45) is 0 Å². The molecule has 1 aromatic rings. The molecule has 9 heteroatoms. The minimum Gasteiger partial charge on any atom is -0.387 e. The number of nitrogens with zero attached hydrogens (tertiary/aromatic N) is 2. The van der Waals surface area contributed by atoms with E-state index in [2.05, 4.69) is 10.3 Å². The van der Waals surface area contributed by atoms with Crippen LogP contribution in [-0.2, 0) is 0 Å². The topological polar surface area (TPSA) is 105 Å². The number of aromatic nitrogens is 1. The van der Waals surface area contributed by atoms with E-state index in [1.165, 1.54) is 11.8 Å². The highest BCUT2D eigenvalue weighted by Crippen LogP contribution is 2.20. The van der Waals surface area contributed by atoms with Crippen LogP contribution in [0.2, 0.25) is 5.15 Å². The monoisotopic (exact) mass is 319 g/mol. The van der Waals surface area contributed by atoms with Gasteiger partial charge in [0.1, 0.15) is 16.9 Å². The molecular weight excluding hydrogens is 306 g/mol. The van der Waals surface area contributed by atoms with Gasteiger partial charge in [0.15, 0.2) is 0 Å². The number of aliphatic hydroxyl groups is 1. The largest absolute Gasteiger partial charge is 0.387 e. The molecule has 20 heavy (non-hydrogen) atoms. The summed E-state index contributed by atoms with van der Waals surface area (Å²) in [5.41, 5.74) is -1.72. The Morgan fingerprint density at radius 2 is 2.35 bits per heavy atom. The van der Waals surface area contributed by atoms with Gasteiger partial charge in [0.05, 0.1) is 10.5 Å². The maximum absolute atomic E-state index is 12.0. The standard InChI is InChI=1S/C11H14ClN3O4S/c1-11(17,6-20-2)5-14-10(16)7-3-9(12)13-4-8(7)15(18)19/h3-4,17H,5-6H2,1-2H3,(H,14,16). The Kier molecular flexibility index (Phi) is 5.73. The smallest absolute Gasteiger partial charge is 0.300 e. The van der Waals surface area contributed by atoms with Crippen molar-refractivity contribution < 1.29 is 14.8 Å². The Morgan fingerprint density at radius 1 is 1.70 bits per heavy atom. The van der Waals surface area contributed by atoms with Crippen LogP contribution < -0.4 is 5.32 Å². The average molecular weight is 320 g/mol. The fraction of sp³-hybridized carbons (Fsp3) is 0.455. The lowest BCUT2D eigenvalue weighted by molar-refractivity contribution is -0.385. The molecule has 0 bridgehead atoms. The van der Waals surface area contributed by atoms with Crippen LogP contribution in [0.1, 0.15) is 17.3 Å². The molecule has 1 atom stereocenters. The molecule has 7 nitrogen and oxygen atoms in total. The zero-order valence-corrected chi connectivity index (χ0v) is 12.5. The van der Waals surface area contributed by atoms with Crippen LogP contribution in [0, 0.1) is 10.1 Å². The molecule has 110 valence electrons. The van der Waals surface area contributed by atoms with Crippen molar-refractivity contribution in [1.29, 1.82) is 0 Å². The minimum absolute atomic E-state index is 0.0170. The first-order chi connectivity index (χ1) is 9.26. The Hall–Kier alpha value is -1.38. The molecule has 1 amide bonds. The maximum atomic E-state index is 12.0. The van der Waals surface area contributed by atoms with E-state index >= 15 is 0 Å². The third kappa shape index (κ3) is 4.62. The lowest BCUT2D eigenvalue weighted by atomic mass is 10.1. The number of halogens is 1. The molecule has 0 spiro atoms. The fourth-order valence-electron chi connectivity index (χ4n) is 1.48. The summed E-state index contributed by atoms with van der Waals surface area (Å²) >= 11 is 7.06. The summed E-state index contributed by atoms with van der Waals surface area (Å²) in [4.78, 5) is 25.6. The summed E-state index contributed by atoms with van der Waals surface area (Å²) in [6.07, 6.45) is 2.75. The molecule has 0 saturated heterocycles. The van der Waals surface area contributed by atoms with Crippen molar-refractivity contribution in [2.45, 2.75) is 12.5 Å². The van der Waals surface area contributed by atoms with Gasteiger partial charge in [-0.25, -0.2) is 4.98 Å². The van der Waals surface area contributed by atoms with Gasteiger partial charge in [-0.3, -0.25) is 14.9 Å². The van der Waals surface area contributed by atoms with Crippen LogP contribution in [0.3, 0.4) is 0 Å². The van der Waals surface area contributed by atoms with Crippen molar-refractivity contribution in [3.63, 3.8) is 0 Å². The summed E-state index contributed by atoms with van der Waals surface area (Å²) in [7, 11) is 0. The van der Waals surface area contributed by atoms with Gasteiger partial charge in [-0.1, -0.05) is 11.6 Å². The summed E-state index contributed by atoms with van der Waals surface area (Å²) in [6, 6.07) is 1.12. The number of carbonyl (C=O) groups excluding carboxylic acids is 1. The maximum Gasteiger partial charge on any atom is 0.300 e. The number of rotatable bonds is 6. The van der Waals surface area contributed by atoms with Crippen molar-refractivity contribution in [1.82, 2.24) is 10.3 Å². The van der Waals surface area contributed by atoms with Gasteiger partial charge in [-0.05, 0) is 19.2 Å². The van der Waals surface area contributed by atoms with E-state index in [0.29, 0.717) is 5.75 Å². The predicted molar refractivity (Wildman–Crippen MR) is 77.2 cm³/mol. The fourth-order valence-corrected chi connectivity index (χ4v) is 2.36. The highest BCUT2D eigenvalue weighted by atomic mass is 35.5. The van der Waals surface area contributed by atoms with Gasteiger partial charge in [0.2, 0.25) is 0 Å². The van der Waals surface area contributed by atoms with E-state index in [0.717, 1.165) is 12.3 Å². The van der Waals surface area contributed by atoms with Gasteiger partial charge in [0.25, 0.3) is 11.6 Å². The van der Waals surface area contributed by atoms with Gasteiger partial charge < -0.3 is 10.4 Å². The Bertz CT molecular complexity index is 524. The SMILES string of the molecule is CSCC(C)(O)CNC(=O)c1cc(Cl)ncc1[N+](=O)[O-]. The summed E-state index contributed by atoms with van der Waals surface area (Å²) in [5, 5.41) is 23.2. The van der Waals surface area contributed by atoms with Gasteiger partial charge in [-0.15, -0.1) is 0 Å². The molecule has 1 rings (SSSR count). The van der Waals surface area contributed by atoms with Crippen molar-refractivity contribution in [2.75, 3.05) is 18.6 Å². The van der Waals surface area contributed by atoms with Gasteiger partial charge >= 0.3 is 0 Å². The molecule has 0 aliphatic carbocycles. The number of pyridine rings is 1. The molecule has 2 N–H and O–H groups in total. The highest BCUT2D eigenvalue weighted by Gasteiger charge is 2.25. The average Bonchev–Trinajstić information content (AvgIpc) is 2.35. The minimum atomic E-state index is -1.10. The Labute approximate surface area is 124 Å². The summed E-state index contributed by atoms with van der Waals surface area (Å²) < 4.78 is 0. The first-order valence-corrected chi connectivity index (χ1v) is 7.33. The van der Waals surface area contributed by atoms with Gasteiger partial charge in [-0.2, -0.15) is 11.8 Å². The van der Waals surface area contributed by atoms with E-state index in [1.807, 2.05) is 6.26 Å². The van der Waals surface area contributed by atoms with E-state index < -0.39 is 22.1 Å². The molecule has 0 aromatic carbocycles. The number of carbonyl (C=O) groups is 1. The number of thioether (sulfide) groups is 1. The van der Waals surface area contributed by atoms with E-state index in [-0.39, 0.29) is 17.3 Å².